The van der Waals surface area contributed by atoms with E-state index in [4.69, 9.17) is 4.74 Å². The lowest BCUT2D eigenvalue weighted by atomic mass is 10.1. The van der Waals surface area contributed by atoms with E-state index in [1.807, 2.05) is 12.1 Å². The third-order valence-corrected chi connectivity index (χ3v) is 7.57. The topological polar surface area (TPSA) is 88.1 Å². The average molecular weight is 542 g/mol. The Hall–Kier alpha value is -3.01. The van der Waals surface area contributed by atoms with E-state index in [9.17, 15) is 13.2 Å². The Kier molecular flexibility index (Phi) is 7.16. The Balaban J connectivity index is 1.66. The number of ether oxygens (including phenoxy) is 1. The lowest BCUT2D eigenvalue weighted by Gasteiger charge is -2.21. The minimum absolute atomic E-state index is 0.180. The molecule has 3 aromatic carbocycles. The van der Waals surface area contributed by atoms with Crippen LogP contribution in [0.4, 0.5) is 5.69 Å². The van der Waals surface area contributed by atoms with Crippen molar-refractivity contribution in [3.8, 4) is 5.75 Å². The van der Waals surface area contributed by atoms with E-state index in [1.165, 1.54) is 0 Å². The second-order valence-electron chi connectivity index (χ2n) is 7.69. The van der Waals surface area contributed by atoms with Crippen molar-refractivity contribution >= 4 is 43.4 Å². The molecule has 1 aliphatic heterocycles. The van der Waals surface area contributed by atoms with Crippen molar-refractivity contribution < 1.29 is 17.9 Å². The van der Waals surface area contributed by atoms with Gasteiger partial charge in [0.1, 0.15) is 10.6 Å². The van der Waals surface area contributed by atoms with E-state index >= 15 is 0 Å². The van der Waals surface area contributed by atoms with Crippen molar-refractivity contribution in [1.29, 1.82) is 0 Å². The highest BCUT2D eigenvalue weighted by atomic mass is 79.9. The number of carbonyl (C=O) groups excluding carboxylic acids is 1. The number of hydrogen-bond acceptors (Lipinski definition) is 6. The monoisotopic (exact) mass is 541 g/mol. The van der Waals surface area contributed by atoms with Crippen LogP contribution in [0.1, 0.15) is 35.3 Å². The van der Waals surface area contributed by atoms with Gasteiger partial charge in [-0.1, -0.05) is 38.1 Å². The maximum Gasteiger partial charge on any atom is 0.344 e. The van der Waals surface area contributed by atoms with Gasteiger partial charge in [-0.2, -0.15) is 8.42 Å². The molecule has 7 nitrogen and oxygen atoms in total. The van der Waals surface area contributed by atoms with Gasteiger partial charge in [-0.3, -0.25) is 4.90 Å². The van der Waals surface area contributed by atoms with Crippen molar-refractivity contribution in [3.05, 3.63) is 87.9 Å². The molecule has 0 unspecified atom stereocenters. The number of fused-ring (bicyclic) bond motifs is 1. The molecule has 0 bridgehead atoms. The highest BCUT2D eigenvalue weighted by molar-refractivity contribution is 9.10. The first-order chi connectivity index (χ1) is 16.3. The molecule has 0 aromatic heterocycles. The first-order valence-electron chi connectivity index (χ1n) is 10.9. The molecule has 1 aliphatic rings. The maximum atomic E-state index is 12.8. The van der Waals surface area contributed by atoms with Crippen LogP contribution in [0.2, 0.25) is 0 Å². The van der Waals surface area contributed by atoms with Gasteiger partial charge >= 0.3 is 5.97 Å². The van der Waals surface area contributed by atoms with E-state index in [-0.39, 0.29) is 10.7 Å². The standard InChI is InChI=1S/C25H24BrN3O4S/c1-3-29(4-2)16-17-15-18(27-24-20-10-6-8-12-23(20)34(31,32)28-24)13-14-22(17)33-25(30)19-9-5-7-11-21(19)26/h5-15H,3-4,16H2,1-2H3,(H,27,28). The number of hydrogen-bond donors (Lipinski definition) is 1. The average Bonchev–Trinajstić information content (AvgIpc) is 3.09. The van der Waals surface area contributed by atoms with Crippen molar-refractivity contribution in [3.63, 3.8) is 0 Å². The van der Waals surface area contributed by atoms with Crippen LogP contribution < -0.4 is 10.1 Å². The second-order valence-corrected chi connectivity index (χ2v) is 10.1. The zero-order valence-electron chi connectivity index (χ0n) is 18.8. The summed E-state index contributed by atoms with van der Waals surface area (Å²) in [7, 11) is -3.73. The highest BCUT2D eigenvalue weighted by Crippen LogP contribution is 2.30. The third kappa shape index (κ3) is 5.06. The molecule has 3 aromatic rings. The van der Waals surface area contributed by atoms with E-state index in [0.717, 1.165) is 18.7 Å². The summed E-state index contributed by atoms with van der Waals surface area (Å²) >= 11 is 3.39. The number of rotatable bonds is 7. The van der Waals surface area contributed by atoms with Crippen LogP contribution in [-0.2, 0) is 16.6 Å². The molecule has 0 radical (unpaired) electrons. The molecule has 9 heteroatoms. The Bertz CT molecular complexity index is 1370. The Morgan fingerprint density at radius 1 is 1.03 bits per heavy atom. The van der Waals surface area contributed by atoms with Crippen molar-refractivity contribution in [1.82, 2.24) is 4.90 Å². The minimum Gasteiger partial charge on any atom is -0.423 e. The van der Waals surface area contributed by atoms with Crippen LogP contribution in [0.3, 0.4) is 0 Å². The van der Waals surface area contributed by atoms with Gasteiger partial charge in [0.15, 0.2) is 5.84 Å². The molecule has 34 heavy (non-hydrogen) atoms. The van der Waals surface area contributed by atoms with Crippen LogP contribution in [0, 0.1) is 0 Å². The summed E-state index contributed by atoms with van der Waals surface area (Å²) in [5.74, 6) is 0.246. The fourth-order valence-corrected chi connectivity index (χ4v) is 5.31. The number of esters is 1. The molecule has 0 saturated carbocycles. The molecule has 0 amide bonds. The smallest absolute Gasteiger partial charge is 0.344 e. The zero-order valence-corrected chi connectivity index (χ0v) is 21.2. The molecule has 0 spiro atoms. The lowest BCUT2D eigenvalue weighted by Crippen LogP contribution is -2.23. The predicted molar refractivity (Wildman–Crippen MR) is 136 cm³/mol. The Morgan fingerprint density at radius 2 is 1.74 bits per heavy atom. The van der Waals surface area contributed by atoms with E-state index in [0.29, 0.717) is 33.6 Å². The summed E-state index contributed by atoms with van der Waals surface area (Å²) in [5, 5.41) is 3.13. The number of nitrogens with zero attached hydrogens (tertiary/aromatic N) is 2. The number of sulfonamides is 1. The van der Waals surface area contributed by atoms with E-state index < -0.39 is 16.0 Å². The van der Waals surface area contributed by atoms with Crippen molar-refractivity contribution in [2.75, 3.05) is 18.4 Å². The number of nitrogens with one attached hydrogen (secondary N) is 1. The van der Waals surface area contributed by atoms with Crippen LogP contribution in [0.25, 0.3) is 0 Å². The molecule has 4 rings (SSSR count). The molecular formula is C25H24BrN3O4S. The molecule has 0 fully saturated rings. The van der Waals surface area contributed by atoms with Crippen LogP contribution in [-0.4, -0.2) is 38.2 Å². The highest BCUT2D eigenvalue weighted by Gasteiger charge is 2.28. The van der Waals surface area contributed by atoms with Crippen molar-refractivity contribution in [2.45, 2.75) is 25.3 Å². The lowest BCUT2D eigenvalue weighted by molar-refractivity contribution is 0.0730. The van der Waals surface area contributed by atoms with Gasteiger partial charge in [0.05, 0.1) is 5.56 Å². The normalized spacial score (nSPS) is 13.9. The summed E-state index contributed by atoms with van der Waals surface area (Å²) in [6.45, 7) is 6.33. The Morgan fingerprint density at radius 3 is 2.47 bits per heavy atom. The molecule has 0 aliphatic carbocycles. The molecule has 1 heterocycles. The summed E-state index contributed by atoms with van der Waals surface area (Å²) < 4.78 is 35.1. The summed E-state index contributed by atoms with van der Waals surface area (Å²) in [5.41, 5.74) is 2.40. The quantitative estimate of drug-likeness (QED) is 0.331. The minimum atomic E-state index is -3.73. The number of amidine groups is 1. The van der Waals surface area contributed by atoms with Gasteiger partial charge in [-0.05, 0) is 71.5 Å². The fourth-order valence-electron chi connectivity index (χ4n) is 3.68. The van der Waals surface area contributed by atoms with Crippen LogP contribution in [0.15, 0.2) is 80.5 Å². The van der Waals surface area contributed by atoms with Gasteiger partial charge in [0.25, 0.3) is 10.0 Å². The largest absolute Gasteiger partial charge is 0.423 e. The molecule has 0 saturated heterocycles. The summed E-state index contributed by atoms with van der Waals surface area (Å²) in [4.78, 5) is 15.2. The molecule has 1 N–H and O–H groups in total. The van der Waals surface area contributed by atoms with Gasteiger partial charge in [-0.15, -0.1) is 4.40 Å². The SMILES string of the molecule is CCN(CC)Cc1cc(NC2=NS(=O)(=O)c3ccccc32)ccc1OC(=O)c1ccccc1Br. The first-order valence-corrected chi connectivity index (χ1v) is 13.1. The van der Waals surface area contributed by atoms with Gasteiger partial charge < -0.3 is 10.1 Å². The second kappa shape index (κ2) is 10.1. The van der Waals surface area contributed by atoms with Gasteiger partial charge in [-0.25, -0.2) is 4.79 Å². The van der Waals surface area contributed by atoms with Crippen molar-refractivity contribution in [2.24, 2.45) is 4.40 Å². The van der Waals surface area contributed by atoms with Crippen LogP contribution in [0.5, 0.6) is 5.75 Å². The Labute approximate surface area is 207 Å². The maximum absolute atomic E-state index is 12.8. The third-order valence-electron chi connectivity index (χ3n) is 5.54. The van der Waals surface area contributed by atoms with Gasteiger partial charge in [0, 0.05) is 27.8 Å². The summed E-state index contributed by atoms with van der Waals surface area (Å²) in [6.07, 6.45) is 0. The van der Waals surface area contributed by atoms with E-state index in [2.05, 4.69) is 44.4 Å². The van der Waals surface area contributed by atoms with Gasteiger partial charge in [0.2, 0.25) is 0 Å². The first kappa shape index (κ1) is 24.1. The van der Waals surface area contributed by atoms with Crippen LogP contribution >= 0.6 is 15.9 Å². The number of anilines is 1. The molecular weight excluding hydrogens is 518 g/mol. The molecule has 0 atom stereocenters. The number of halogens is 1. The van der Waals surface area contributed by atoms with E-state index in [1.54, 1.807) is 54.6 Å². The fraction of sp³-hybridized carbons (Fsp3) is 0.200. The zero-order chi connectivity index (χ0) is 24.3. The number of benzene rings is 3. The molecule has 176 valence electrons. The predicted octanol–water partition coefficient (Wildman–Crippen LogP) is 5.07. The summed E-state index contributed by atoms with van der Waals surface area (Å²) in [6, 6.07) is 19.1. The number of carbonyl (C=O) groups is 1.